The van der Waals surface area contributed by atoms with Crippen molar-refractivity contribution in [3.63, 3.8) is 0 Å². The van der Waals surface area contributed by atoms with Gasteiger partial charge in [-0.3, -0.25) is 9.59 Å². The molecule has 0 saturated carbocycles. The summed E-state index contributed by atoms with van der Waals surface area (Å²) in [5.41, 5.74) is 0. The van der Waals surface area contributed by atoms with Crippen LogP contribution in [0.4, 0.5) is 0 Å². The van der Waals surface area contributed by atoms with Gasteiger partial charge < -0.3 is 4.74 Å². The monoisotopic (exact) mass is 315 g/mol. The summed E-state index contributed by atoms with van der Waals surface area (Å²) in [5.74, 6) is 0.403. The number of nitrogens with zero attached hydrogens (tertiary/aromatic N) is 1. The lowest BCUT2D eigenvalue weighted by atomic mass is 10.1. The van der Waals surface area contributed by atoms with Crippen LogP contribution in [0.5, 0.6) is 0 Å². The minimum atomic E-state index is -0.219. The summed E-state index contributed by atoms with van der Waals surface area (Å²) in [6.07, 6.45) is 13.0. The molecule has 0 spiro atoms. The maximum atomic E-state index is 11.5. The number of carbonyl (C=O) groups is 2. The van der Waals surface area contributed by atoms with Crippen LogP contribution < -0.4 is 0 Å². The number of rotatable bonds is 12. The Bertz CT molecular complexity index is 294. The number of amides is 2. The Balaban J connectivity index is 1.88. The standard InChI is InChI=1S/C16H29NO3S/c1-2-3-4-5-6-7-8-9-10-11-12-21-17-15(18)13-20-14-16(17)19/h2-14H2,1H3. The van der Waals surface area contributed by atoms with E-state index in [0.717, 1.165) is 12.2 Å². The van der Waals surface area contributed by atoms with Gasteiger partial charge in [-0.05, 0) is 18.4 Å². The summed E-state index contributed by atoms with van der Waals surface area (Å²) >= 11 is 1.35. The van der Waals surface area contributed by atoms with Gasteiger partial charge in [-0.25, -0.2) is 4.31 Å². The van der Waals surface area contributed by atoms with Gasteiger partial charge in [0, 0.05) is 5.75 Å². The van der Waals surface area contributed by atoms with Crippen LogP contribution in [0.1, 0.15) is 71.1 Å². The van der Waals surface area contributed by atoms with E-state index in [9.17, 15) is 9.59 Å². The van der Waals surface area contributed by atoms with E-state index in [1.807, 2.05) is 0 Å². The number of unbranched alkanes of at least 4 members (excludes halogenated alkanes) is 9. The van der Waals surface area contributed by atoms with Crippen molar-refractivity contribution in [1.82, 2.24) is 4.31 Å². The summed E-state index contributed by atoms with van der Waals surface area (Å²) in [7, 11) is 0. The van der Waals surface area contributed by atoms with Crippen molar-refractivity contribution in [2.45, 2.75) is 71.1 Å². The molecule has 122 valence electrons. The first kappa shape index (κ1) is 18.5. The maximum Gasteiger partial charge on any atom is 0.265 e. The molecule has 0 aliphatic carbocycles. The molecule has 0 aromatic heterocycles. The van der Waals surface area contributed by atoms with Gasteiger partial charge in [0.15, 0.2) is 0 Å². The molecular weight excluding hydrogens is 286 g/mol. The molecule has 0 unspecified atom stereocenters. The third-order valence-corrected chi connectivity index (χ3v) is 4.76. The summed E-state index contributed by atoms with van der Waals surface area (Å²) in [6.45, 7) is 2.32. The van der Waals surface area contributed by atoms with Crippen LogP contribution in [-0.4, -0.2) is 35.1 Å². The van der Waals surface area contributed by atoms with Crippen LogP contribution >= 0.6 is 11.9 Å². The van der Waals surface area contributed by atoms with Gasteiger partial charge >= 0.3 is 0 Å². The topological polar surface area (TPSA) is 46.6 Å². The number of hydrogen-bond acceptors (Lipinski definition) is 4. The Morgan fingerprint density at radius 1 is 0.857 bits per heavy atom. The molecule has 1 fully saturated rings. The molecule has 1 saturated heterocycles. The highest BCUT2D eigenvalue weighted by atomic mass is 32.2. The molecule has 0 atom stereocenters. The molecule has 0 aromatic carbocycles. The minimum Gasteiger partial charge on any atom is -0.362 e. The smallest absolute Gasteiger partial charge is 0.265 e. The maximum absolute atomic E-state index is 11.5. The highest BCUT2D eigenvalue weighted by Crippen LogP contribution is 2.17. The average molecular weight is 315 g/mol. The predicted octanol–water partition coefficient (Wildman–Crippen LogP) is 3.94. The number of morpholine rings is 1. The Kier molecular flexibility index (Phi) is 10.6. The Hall–Kier alpha value is -0.550. The zero-order valence-corrected chi connectivity index (χ0v) is 14.1. The Morgan fingerprint density at radius 2 is 1.33 bits per heavy atom. The number of carbonyl (C=O) groups excluding carboxylic acids is 2. The predicted molar refractivity (Wildman–Crippen MR) is 87.0 cm³/mol. The zero-order chi connectivity index (χ0) is 15.3. The summed E-state index contributed by atoms with van der Waals surface area (Å²) in [5, 5.41) is 0. The van der Waals surface area contributed by atoms with Gasteiger partial charge in [0.2, 0.25) is 0 Å². The molecule has 0 radical (unpaired) electrons. The van der Waals surface area contributed by atoms with E-state index in [4.69, 9.17) is 4.74 Å². The molecular formula is C16H29NO3S. The second kappa shape index (κ2) is 12.0. The van der Waals surface area contributed by atoms with Crippen LogP contribution in [0.2, 0.25) is 0 Å². The van der Waals surface area contributed by atoms with Gasteiger partial charge in [-0.15, -0.1) is 0 Å². The first-order valence-electron chi connectivity index (χ1n) is 8.32. The lowest BCUT2D eigenvalue weighted by molar-refractivity contribution is -0.150. The third-order valence-electron chi connectivity index (χ3n) is 3.62. The number of imide groups is 1. The molecule has 21 heavy (non-hydrogen) atoms. The molecule has 4 nitrogen and oxygen atoms in total. The van der Waals surface area contributed by atoms with E-state index in [-0.39, 0.29) is 25.0 Å². The van der Waals surface area contributed by atoms with E-state index in [0.29, 0.717) is 0 Å². The van der Waals surface area contributed by atoms with Gasteiger partial charge in [0.25, 0.3) is 11.8 Å². The van der Waals surface area contributed by atoms with Crippen molar-refractivity contribution in [3.8, 4) is 0 Å². The highest BCUT2D eigenvalue weighted by Gasteiger charge is 2.26. The lowest BCUT2D eigenvalue weighted by Gasteiger charge is -2.23. The van der Waals surface area contributed by atoms with Crippen molar-refractivity contribution in [2.75, 3.05) is 19.0 Å². The molecule has 0 aromatic rings. The fourth-order valence-electron chi connectivity index (χ4n) is 2.37. The highest BCUT2D eigenvalue weighted by molar-refractivity contribution is 7.98. The van der Waals surface area contributed by atoms with Crippen LogP contribution in [0.3, 0.4) is 0 Å². The minimum absolute atomic E-state index is 0.0385. The third kappa shape index (κ3) is 8.47. The van der Waals surface area contributed by atoms with Crippen LogP contribution in [0, 0.1) is 0 Å². The summed E-state index contributed by atoms with van der Waals surface area (Å²) < 4.78 is 6.15. The molecule has 1 rings (SSSR count). The van der Waals surface area contributed by atoms with E-state index in [1.54, 1.807) is 0 Å². The zero-order valence-electron chi connectivity index (χ0n) is 13.3. The molecule has 0 N–H and O–H groups in total. The van der Waals surface area contributed by atoms with E-state index in [1.165, 1.54) is 74.0 Å². The van der Waals surface area contributed by atoms with E-state index >= 15 is 0 Å². The fourth-order valence-corrected chi connectivity index (χ4v) is 3.28. The van der Waals surface area contributed by atoms with Crippen molar-refractivity contribution in [2.24, 2.45) is 0 Å². The van der Waals surface area contributed by atoms with E-state index < -0.39 is 0 Å². The molecule has 0 bridgehead atoms. The van der Waals surface area contributed by atoms with Crippen LogP contribution in [0.15, 0.2) is 0 Å². The van der Waals surface area contributed by atoms with Gasteiger partial charge in [-0.1, -0.05) is 64.7 Å². The first-order valence-corrected chi connectivity index (χ1v) is 9.26. The lowest BCUT2D eigenvalue weighted by Crippen LogP contribution is -2.41. The van der Waals surface area contributed by atoms with Gasteiger partial charge in [0.1, 0.15) is 13.2 Å². The average Bonchev–Trinajstić information content (AvgIpc) is 2.47. The van der Waals surface area contributed by atoms with Crippen molar-refractivity contribution < 1.29 is 14.3 Å². The number of ether oxygens (including phenoxy) is 1. The Morgan fingerprint density at radius 3 is 1.86 bits per heavy atom. The SMILES string of the molecule is CCCCCCCCCCCCSN1C(=O)COCC1=O. The Labute approximate surface area is 133 Å². The number of hydrogen-bond donors (Lipinski definition) is 0. The van der Waals surface area contributed by atoms with Gasteiger partial charge in [0.05, 0.1) is 0 Å². The molecule has 1 aliphatic rings. The fraction of sp³-hybridized carbons (Fsp3) is 0.875. The molecule has 2 amide bonds. The van der Waals surface area contributed by atoms with Crippen molar-refractivity contribution in [1.29, 1.82) is 0 Å². The second-order valence-electron chi connectivity index (χ2n) is 5.59. The van der Waals surface area contributed by atoms with Crippen molar-refractivity contribution >= 4 is 23.8 Å². The normalized spacial score (nSPS) is 15.8. The quantitative estimate of drug-likeness (QED) is 0.311. The second-order valence-corrected chi connectivity index (χ2v) is 6.62. The van der Waals surface area contributed by atoms with Crippen LogP contribution in [-0.2, 0) is 14.3 Å². The summed E-state index contributed by atoms with van der Waals surface area (Å²) in [4.78, 5) is 23.0. The van der Waals surface area contributed by atoms with Crippen molar-refractivity contribution in [3.05, 3.63) is 0 Å². The van der Waals surface area contributed by atoms with E-state index in [2.05, 4.69) is 6.92 Å². The molecule has 5 heteroatoms. The molecule has 1 aliphatic heterocycles. The summed E-state index contributed by atoms with van der Waals surface area (Å²) in [6, 6.07) is 0. The largest absolute Gasteiger partial charge is 0.362 e. The molecule has 1 heterocycles. The van der Waals surface area contributed by atoms with Crippen LogP contribution in [0.25, 0.3) is 0 Å². The van der Waals surface area contributed by atoms with Gasteiger partial charge in [-0.2, -0.15) is 0 Å². The first-order chi connectivity index (χ1) is 10.3.